The van der Waals surface area contributed by atoms with Gasteiger partial charge in [0.05, 0.1) is 6.04 Å². The number of carbonyl (C=O) groups is 8. The summed E-state index contributed by atoms with van der Waals surface area (Å²) in [5.74, 6) is -7.65. The predicted molar refractivity (Wildman–Crippen MR) is 305 cm³/mol. The number of para-hydroxylation sites is 1. The van der Waals surface area contributed by atoms with Gasteiger partial charge in [-0.15, -0.1) is 0 Å². The predicted octanol–water partition coefficient (Wildman–Crippen LogP) is 2.59. The fraction of sp³-hybridized carbons (Fsp3) is 0.389. The van der Waals surface area contributed by atoms with Crippen molar-refractivity contribution in [1.82, 2.24) is 47.2 Å². The molecule has 418 valence electrons. The zero-order valence-electron chi connectivity index (χ0n) is 43.0. The number of nitrogens with one attached hydrogen (secondary N) is 8. The third kappa shape index (κ3) is 19.0. The Balaban J connectivity index is 1.36. The SMILES string of the molecule is CC(C)[C@H](NC(=O)[C@H](CCCCN)NC(=O)[C@@H](Cc1c[nH]c2ccccc12)NC(=O)[C@H](Cc1cccnc1)NC(=O)[C@@H](CS)NC(=O)[C@@H](N)Cc1ccc(Cl)cc1)C(=O)N[C@@H](CS)C(=O)N[C@@H](Cc1ccc(Cl)cc1)C(=O)O. The molecule has 0 bridgehead atoms. The first kappa shape index (κ1) is 62.2. The number of hydrogen-bond donors (Lipinski definition) is 13. The maximum absolute atomic E-state index is 14.8. The van der Waals surface area contributed by atoms with Crippen LogP contribution < -0.4 is 48.7 Å². The molecule has 20 nitrogen and oxygen atoms in total. The van der Waals surface area contributed by atoms with Crippen LogP contribution in [-0.2, 0) is 64.0 Å². The maximum atomic E-state index is 14.8. The molecular weight excluding hydrogens is 1080 g/mol. The molecule has 0 aliphatic carbocycles. The van der Waals surface area contributed by atoms with Crippen molar-refractivity contribution >= 4 is 107 Å². The molecule has 8 atom stereocenters. The zero-order valence-corrected chi connectivity index (χ0v) is 46.3. The fourth-order valence-corrected chi connectivity index (χ4v) is 9.05. The number of nitrogens with two attached hydrogens (primary N) is 2. The van der Waals surface area contributed by atoms with E-state index in [2.05, 4.69) is 72.4 Å². The Morgan fingerprint density at radius 2 is 1.08 bits per heavy atom. The third-order valence-corrected chi connectivity index (χ3v) is 13.9. The summed E-state index contributed by atoms with van der Waals surface area (Å²) in [7, 11) is 0. The van der Waals surface area contributed by atoms with Crippen molar-refractivity contribution in [2.45, 2.75) is 107 Å². The molecule has 0 spiro atoms. The molecule has 0 fully saturated rings. The number of carboxylic acids is 1. The van der Waals surface area contributed by atoms with Crippen LogP contribution >= 0.6 is 48.5 Å². The first-order valence-electron chi connectivity index (χ1n) is 25.3. The van der Waals surface area contributed by atoms with E-state index in [1.165, 1.54) is 12.4 Å². The number of pyridine rings is 1. The second-order valence-corrected chi connectivity index (χ2v) is 20.6. The fourth-order valence-electron chi connectivity index (χ4n) is 8.29. The van der Waals surface area contributed by atoms with Gasteiger partial charge in [-0.25, -0.2) is 4.79 Å². The van der Waals surface area contributed by atoms with Gasteiger partial charge in [0.25, 0.3) is 0 Å². The van der Waals surface area contributed by atoms with Gasteiger partial charge in [-0.05, 0) is 96.8 Å². The van der Waals surface area contributed by atoms with Crippen LogP contribution in [-0.4, -0.2) is 129 Å². The molecule has 0 aliphatic rings. The van der Waals surface area contributed by atoms with Crippen LogP contribution in [0.4, 0.5) is 0 Å². The van der Waals surface area contributed by atoms with E-state index in [0.29, 0.717) is 39.6 Å². The molecule has 78 heavy (non-hydrogen) atoms. The average Bonchev–Trinajstić information content (AvgIpc) is 3.84. The topological polar surface area (TPSA) is 322 Å². The number of amides is 7. The first-order chi connectivity index (χ1) is 37.3. The Morgan fingerprint density at radius 3 is 1.63 bits per heavy atom. The maximum Gasteiger partial charge on any atom is 0.326 e. The standard InChI is InChI=1S/C54H67Cl2N11O9S2/c1-30(2)46(53(74)66-45(29-78)52(73)64-43(54(75)76)23-32-14-18-36(56)19-15-32)67-48(69)40(11-5-6-20-57)61-50(71)42(25-34-27-60-39-10-4-3-9-37(34)39)63-49(70)41(24-33-8-7-21-59-26-33)62-51(72)44(28-77)65-47(68)38(58)22-31-12-16-35(55)17-13-31/h3-4,7-10,12-19,21,26-27,30,38,40-46,60,77-78H,5-6,11,20,22-25,28-29,57-58H2,1-2H3,(H,61,71)(H,62,72)(H,63,70)(H,64,73)(H,65,68)(H,66,74)(H,67,69)(H,75,76)/t38-,40-,41-,42+,43-,44+,45-,46-/m0/s1. The van der Waals surface area contributed by atoms with Gasteiger partial charge < -0.3 is 58.8 Å². The van der Waals surface area contributed by atoms with E-state index >= 15 is 0 Å². The largest absolute Gasteiger partial charge is 0.480 e. The number of rotatable bonds is 30. The lowest BCUT2D eigenvalue weighted by Gasteiger charge is -2.29. The molecule has 2 aromatic heterocycles. The average molecular weight is 1150 g/mol. The van der Waals surface area contributed by atoms with Crippen molar-refractivity contribution in [3.63, 3.8) is 0 Å². The first-order valence-corrected chi connectivity index (χ1v) is 27.3. The second-order valence-electron chi connectivity index (χ2n) is 19.0. The minimum atomic E-state index is -1.38. The number of H-pyrrole nitrogens is 1. The van der Waals surface area contributed by atoms with E-state index in [-0.39, 0.29) is 50.2 Å². The van der Waals surface area contributed by atoms with Crippen LogP contribution in [0, 0.1) is 5.92 Å². The summed E-state index contributed by atoms with van der Waals surface area (Å²) in [6.07, 6.45) is 5.50. The molecule has 0 unspecified atom stereocenters. The van der Waals surface area contributed by atoms with Gasteiger partial charge in [-0.1, -0.05) is 85.6 Å². The number of aliphatic carboxylic acids is 1. The number of fused-ring (bicyclic) bond motifs is 1. The van der Waals surface area contributed by atoms with Gasteiger partial charge in [-0.3, -0.25) is 38.5 Å². The van der Waals surface area contributed by atoms with E-state index in [0.717, 1.165) is 16.5 Å². The lowest BCUT2D eigenvalue weighted by atomic mass is 10.00. The van der Waals surface area contributed by atoms with Gasteiger partial charge in [0.15, 0.2) is 0 Å². The molecule has 0 saturated heterocycles. The quantitative estimate of drug-likeness (QED) is 0.0233. The van der Waals surface area contributed by atoms with Crippen molar-refractivity contribution in [2.24, 2.45) is 17.4 Å². The number of hydrogen-bond acceptors (Lipinski definition) is 13. The number of unbranched alkanes of at least 4 members (excludes halogenated alkanes) is 1. The normalized spacial score (nSPS) is 14.3. The zero-order chi connectivity index (χ0) is 56.9. The van der Waals surface area contributed by atoms with Crippen molar-refractivity contribution in [2.75, 3.05) is 18.1 Å². The van der Waals surface area contributed by atoms with Crippen LogP contribution in [0.15, 0.2) is 104 Å². The van der Waals surface area contributed by atoms with Gasteiger partial charge in [0.1, 0.15) is 42.3 Å². The molecule has 7 amide bonds. The highest BCUT2D eigenvalue weighted by atomic mass is 35.5. The molecule has 0 saturated carbocycles. The van der Waals surface area contributed by atoms with Crippen molar-refractivity contribution < 1.29 is 43.5 Å². The van der Waals surface area contributed by atoms with Crippen molar-refractivity contribution in [3.8, 4) is 0 Å². The van der Waals surface area contributed by atoms with Gasteiger partial charge in [0.2, 0.25) is 41.4 Å². The van der Waals surface area contributed by atoms with Gasteiger partial charge in [-0.2, -0.15) is 25.3 Å². The minimum absolute atomic E-state index is 0.0563. The van der Waals surface area contributed by atoms with E-state index < -0.39 is 102 Å². The molecule has 0 aliphatic heterocycles. The Labute approximate surface area is 473 Å². The Bertz CT molecular complexity index is 2830. The summed E-state index contributed by atoms with van der Waals surface area (Å²) in [4.78, 5) is 118. The molecule has 3 aromatic carbocycles. The van der Waals surface area contributed by atoms with Crippen molar-refractivity contribution in [3.05, 3.63) is 136 Å². The summed E-state index contributed by atoms with van der Waals surface area (Å²) in [5, 5.41) is 30.4. The van der Waals surface area contributed by atoms with E-state index in [1.54, 1.807) is 80.7 Å². The van der Waals surface area contributed by atoms with E-state index in [4.69, 9.17) is 34.7 Å². The number of aromatic amines is 1. The van der Waals surface area contributed by atoms with Gasteiger partial charge >= 0.3 is 5.97 Å². The number of thiol groups is 2. The lowest BCUT2D eigenvalue weighted by Crippen LogP contribution is -2.61. The van der Waals surface area contributed by atoms with Crippen LogP contribution in [0.3, 0.4) is 0 Å². The summed E-state index contributed by atoms with van der Waals surface area (Å²) in [6, 6.07) is 13.6. The molecular formula is C54H67Cl2N11O9S2. The molecule has 2 heterocycles. The molecule has 5 aromatic rings. The summed E-state index contributed by atoms with van der Waals surface area (Å²) in [5.41, 5.74) is 15.3. The van der Waals surface area contributed by atoms with Crippen molar-refractivity contribution in [1.29, 1.82) is 0 Å². The van der Waals surface area contributed by atoms with Gasteiger partial charge in [0, 0.05) is 70.3 Å². The summed E-state index contributed by atoms with van der Waals surface area (Å²) < 4.78 is 0. The number of carboxylic acid groups (broad SMARTS) is 1. The molecule has 0 radical (unpaired) electrons. The third-order valence-electron chi connectivity index (χ3n) is 12.7. The molecule has 13 N–H and O–H groups in total. The van der Waals surface area contributed by atoms with E-state index in [9.17, 15) is 43.5 Å². The number of carbonyl (C=O) groups excluding carboxylic acids is 7. The van der Waals surface area contributed by atoms with Crippen LogP contribution in [0.1, 0.15) is 55.4 Å². The highest BCUT2D eigenvalue weighted by Crippen LogP contribution is 2.20. The number of halogens is 2. The highest BCUT2D eigenvalue weighted by molar-refractivity contribution is 7.80. The minimum Gasteiger partial charge on any atom is -0.480 e. The smallest absolute Gasteiger partial charge is 0.326 e. The van der Waals surface area contributed by atoms with Crippen LogP contribution in [0.2, 0.25) is 10.0 Å². The Morgan fingerprint density at radius 1 is 0.577 bits per heavy atom. The number of nitrogens with zero attached hydrogens (tertiary/aromatic N) is 1. The van der Waals surface area contributed by atoms with Crippen LogP contribution in [0.25, 0.3) is 10.9 Å². The van der Waals surface area contributed by atoms with E-state index in [1.807, 2.05) is 24.3 Å². The monoisotopic (exact) mass is 1150 g/mol. The second kappa shape index (κ2) is 31.0. The van der Waals surface area contributed by atoms with Crippen LogP contribution in [0.5, 0.6) is 0 Å². The summed E-state index contributed by atoms with van der Waals surface area (Å²) in [6.45, 7) is 3.59. The summed E-state index contributed by atoms with van der Waals surface area (Å²) >= 11 is 20.6. The highest BCUT2D eigenvalue weighted by Gasteiger charge is 2.35. The number of benzene rings is 3. The number of aromatic nitrogens is 2. The molecule has 5 rings (SSSR count). The Hall–Kier alpha value is -6.69. The Kier molecular flexibility index (Phi) is 24.7. The molecule has 24 heteroatoms. The lowest BCUT2D eigenvalue weighted by molar-refractivity contribution is -0.142.